The Hall–Kier alpha value is -0.130. The van der Waals surface area contributed by atoms with Gasteiger partial charge in [-0.1, -0.05) is 19.8 Å². The summed E-state index contributed by atoms with van der Waals surface area (Å²) in [5.74, 6) is 0. The average molecular weight is 224 g/mol. The quantitative estimate of drug-likeness (QED) is 0.644. The van der Waals surface area contributed by atoms with E-state index in [0.717, 1.165) is 12.8 Å². The van der Waals surface area contributed by atoms with E-state index in [1.165, 1.54) is 0 Å². The Morgan fingerprint density at radius 2 is 1.79 bits per heavy atom. The number of hydrogen-bond acceptors (Lipinski definition) is 3. The number of aliphatic hydroxyl groups excluding tert-OH is 1. The molecular formula is C9H20O4S. The van der Waals surface area contributed by atoms with Crippen molar-refractivity contribution in [2.75, 3.05) is 0 Å². The minimum atomic E-state index is -3.94. The van der Waals surface area contributed by atoms with Gasteiger partial charge in [-0.15, -0.1) is 0 Å². The van der Waals surface area contributed by atoms with Gasteiger partial charge in [-0.05, 0) is 26.2 Å². The van der Waals surface area contributed by atoms with Crippen molar-refractivity contribution in [2.24, 2.45) is 0 Å². The SMILES string of the molecule is CCCCC(CCC(C)O)S(=O)(=O)O. The Bertz CT molecular complexity index is 233. The molecule has 5 heteroatoms. The minimum Gasteiger partial charge on any atom is -0.393 e. The standard InChI is InChI=1S/C9H20O4S/c1-3-4-5-9(14(11,12)13)7-6-8(2)10/h8-10H,3-7H2,1-2H3,(H,11,12,13). The predicted octanol–water partition coefficient (Wildman–Crippen LogP) is 1.59. The summed E-state index contributed by atoms with van der Waals surface area (Å²) in [5, 5.41) is 8.30. The Morgan fingerprint density at radius 3 is 2.14 bits per heavy atom. The monoisotopic (exact) mass is 224 g/mol. The van der Waals surface area contributed by atoms with Crippen LogP contribution in [-0.2, 0) is 10.1 Å². The molecule has 0 saturated heterocycles. The molecule has 0 spiro atoms. The first-order valence-corrected chi connectivity index (χ1v) is 6.52. The second-order valence-corrected chi connectivity index (χ2v) is 5.40. The van der Waals surface area contributed by atoms with E-state index in [9.17, 15) is 8.42 Å². The fraction of sp³-hybridized carbons (Fsp3) is 1.00. The molecule has 0 aliphatic carbocycles. The van der Waals surface area contributed by atoms with Crippen LogP contribution in [0.2, 0.25) is 0 Å². The number of hydrogen-bond donors (Lipinski definition) is 2. The average Bonchev–Trinajstić information content (AvgIpc) is 2.01. The summed E-state index contributed by atoms with van der Waals surface area (Å²) >= 11 is 0. The van der Waals surface area contributed by atoms with E-state index in [1.54, 1.807) is 6.92 Å². The molecule has 2 atom stereocenters. The van der Waals surface area contributed by atoms with Crippen LogP contribution >= 0.6 is 0 Å². The van der Waals surface area contributed by atoms with Crippen molar-refractivity contribution in [2.45, 2.75) is 57.3 Å². The van der Waals surface area contributed by atoms with Crippen LogP contribution < -0.4 is 0 Å². The van der Waals surface area contributed by atoms with Crippen molar-refractivity contribution in [3.8, 4) is 0 Å². The number of rotatable bonds is 7. The molecule has 2 N–H and O–H groups in total. The van der Waals surface area contributed by atoms with Gasteiger partial charge in [-0.25, -0.2) is 0 Å². The van der Waals surface area contributed by atoms with Gasteiger partial charge < -0.3 is 5.11 Å². The second kappa shape index (κ2) is 6.37. The fourth-order valence-electron chi connectivity index (χ4n) is 1.30. The topological polar surface area (TPSA) is 74.6 Å². The minimum absolute atomic E-state index is 0.330. The summed E-state index contributed by atoms with van der Waals surface area (Å²) in [5.41, 5.74) is 0. The van der Waals surface area contributed by atoms with Gasteiger partial charge >= 0.3 is 0 Å². The van der Waals surface area contributed by atoms with Crippen LogP contribution in [0.15, 0.2) is 0 Å². The van der Waals surface area contributed by atoms with Crippen LogP contribution in [0.3, 0.4) is 0 Å². The van der Waals surface area contributed by atoms with Gasteiger partial charge in [-0.2, -0.15) is 8.42 Å². The summed E-state index contributed by atoms with van der Waals surface area (Å²) in [4.78, 5) is 0. The third-order valence-electron chi connectivity index (χ3n) is 2.21. The first-order chi connectivity index (χ1) is 6.38. The number of unbranched alkanes of at least 4 members (excludes halogenated alkanes) is 1. The summed E-state index contributed by atoms with van der Waals surface area (Å²) in [6.45, 7) is 3.58. The maximum atomic E-state index is 10.9. The molecule has 0 fully saturated rings. The molecule has 2 unspecified atom stereocenters. The fourth-order valence-corrected chi connectivity index (χ4v) is 2.20. The maximum absolute atomic E-state index is 10.9. The van der Waals surface area contributed by atoms with Crippen LogP contribution in [0, 0.1) is 0 Å². The van der Waals surface area contributed by atoms with Crippen LogP contribution in [0.1, 0.15) is 46.0 Å². The van der Waals surface area contributed by atoms with Gasteiger partial charge in [0.25, 0.3) is 10.1 Å². The Balaban J connectivity index is 4.12. The molecule has 0 rings (SSSR count). The van der Waals surface area contributed by atoms with Gasteiger partial charge in [-0.3, -0.25) is 4.55 Å². The lowest BCUT2D eigenvalue weighted by molar-refractivity contribution is 0.180. The molecule has 0 aliphatic heterocycles. The van der Waals surface area contributed by atoms with E-state index >= 15 is 0 Å². The molecule has 0 bridgehead atoms. The Morgan fingerprint density at radius 1 is 1.21 bits per heavy atom. The molecular weight excluding hydrogens is 204 g/mol. The van der Waals surface area contributed by atoms with Crippen molar-refractivity contribution in [3.63, 3.8) is 0 Å². The zero-order chi connectivity index (χ0) is 11.2. The highest BCUT2D eigenvalue weighted by Gasteiger charge is 2.22. The second-order valence-electron chi connectivity index (χ2n) is 3.71. The van der Waals surface area contributed by atoms with Crippen LogP contribution in [-0.4, -0.2) is 29.4 Å². The molecule has 14 heavy (non-hydrogen) atoms. The van der Waals surface area contributed by atoms with E-state index in [0.29, 0.717) is 19.3 Å². The van der Waals surface area contributed by atoms with Crippen molar-refractivity contribution in [3.05, 3.63) is 0 Å². The highest BCUT2D eigenvalue weighted by molar-refractivity contribution is 7.86. The summed E-state index contributed by atoms with van der Waals surface area (Å²) < 4.78 is 30.8. The van der Waals surface area contributed by atoms with Gasteiger partial charge in [0.05, 0.1) is 11.4 Å². The van der Waals surface area contributed by atoms with Gasteiger partial charge in [0.2, 0.25) is 0 Å². The van der Waals surface area contributed by atoms with E-state index < -0.39 is 21.5 Å². The van der Waals surface area contributed by atoms with Crippen molar-refractivity contribution < 1.29 is 18.1 Å². The molecule has 0 aromatic rings. The van der Waals surface area contributed by atoms with E-state index in [2.05, 4.69) is 0 Å². The molecule has 0 amide bonds. The Kier molecular flexibility index (Phi) is 6.31. The van der Waals surface area contributed by atoms with Crippen LogP contribution in [0.25, 0.3) is 0 Å². The molecule has 0 aromatic heterocycles. The lowest BCUT2D eigenvalue weighted by atomic mass is 10.1. The Labute approximate surface area is 86.1 Å². The first kappa shape index (κ1) is 13.9. The summed E-state index contributed by atoms with van der Waals surface area (Å²) in [7, 11) is -3.94. The van der Waals surface area contributed by atoms with Crippen LogP contribution in [0.4, 0.5) is 0 Å². The number of aliphatic hydroxyl groups is 1. The highest BCUT2D eigenvalue weighted by atomic mass is 32.2. The first-order valence-electron chi connectivity index (χ1n) is 5.02. The molecule has 0 radical (unpaired) electrons. The molecule has 0 heterocycles. The lowest BCUT2D eigenvalue weighted by Gasteiger charge is -2.13. The van der Waals surface area contributed by atoms with E-state index in [4.69, 9.17) is 9.66 Å². The highest BCUT2D eigenvalue weighted by Crippen LogP contribution is 2.15. The third-order valence-corrected chi connectivity index (χ3v) is 3.52. The largest absolute Gasteiger partial charge is 0.393 e. The van der Waals surface area contributed by atoms with Crippen molar-refractivity contribution in [1.82, 2.24) is 0 Å². The summed E-state index contributed by atoms with van der Waals surface area (Å²) in [6.07, 6.45) is 2.39. The van der Waals surface area contributed by atoms with Crippen molar-refractivity contribution in [1.29, 1.82) is 0 Å². The summed E-state index contributed by atoms with van der Waals surface area (Å²) in [6, 6.07) is 0. The van der Waals surface area contributed by atoms with Gasteiger partial charge in [0, 0.05) is 0 Å². The lowest BCUT2D eigenvalue weighted by Crippen LogP contribution is -2.22. The smallest absolute Gasteiger partial charge is 0.267 e. The molecule has 4 nitrogen and oxygen atoms in total. The third kappa shape index (κ3) is 6.34. The van der Waals surface area contributed by atoms with Crippen LogP contribution in [0.5, 0.6) is 0 Å². The van der Waals surface area contributed by atoms with E-state index in [1.807, 2.05) is 6.92 Å². The zero-order valence-corrected chi connectivity index (χ0v) is 9.63. The van der Waals surface area contributed by atoms with Gasteiger partial charge in [0.1, 0.15) is 0 Å². The maximum Gasteiger partial charge on any atom is 0.267 e. The zero-order valence-electron chi connectivity index (χ0n) is 8.81. The van der Waals surface area contributed by atoms with E-state index in [-0.39, 0.29) is 0 Å². The molecule has 0 aliphatic rings. The molecule has 86 valence electrons. The molecule has 0 aromatic carbocycles. The predicted molar refractivity (Wildman–Crippen MR) is 55.8 cm³/mol. The van der Waals surface area contributed by atoms with Crippen molar-refractivity contribution >= 4 is 10.1 Å². The molecule has 0 saturated carbocycles. The van der Waals surface area contributed by atoms with Gasteiger partial charge in [0.15, 0.2) is 0 Å². The normalized spacial score (nSPS) is 16.6.